The smallest absolute Gasteiger partial charge is 0.238 e. The zero-order valence-corrected chi connectivity index (χ0v) is 17.1. The SMILES string of the molecule is O=C(NC[C@H]1CCCO1)[C@H](Sc1nnc2c(n1)[nH]c1ccccc12)c1ccccc1. The summed E-state index contributed by atoms with van der Waals surface area (Å²) >= 11 is 1.30. The number of ether oxygens (including phenoxy) is 1. The van der Waals surface area contributed by atoms with Crippen LogP contribution >= 0.6 is 11.8 Å². The Labute approximate surface area is 177 Å². The molecule has 2 atom stereocenters. The maximum Gasteiger partial charge on any atom is 0.238 e. The van der Waals surface area contributed by atoms with E-state index < -0.39 is 5.25 Å². The molecule has 2 aromatic heterocycles. The van der Waals surface area contributed by atoms with E-state index in [9.17, 15) is 4.79 Å². The molecule has 0 bridgehead atoms. The molecule has 7 nitrogen and oxygen atoms in total. The Morgan fingerprint density at radius 1 is 1.17 bits per heavy atom. The Kier molecular flexibility index (Phi) is 5.33. The standard InChI is InChI=1S/C22H21N5O2S/c28-21(23-13-15-9-6-12-29-15)19(14-7-2-1-3-8-14)30-22-25-20-18(26-27-22)16-10-4-5-11-17(16)24-20/h1-5,7-8,10-11,15,19H,6,9,12-13H2,(H,23,28)(H,24,25,27)/t15-,19-/m1/s1. The molecule has 1 amide bonds. The highest BCUT2D eigenvalue weighted by Gasteiger charge is 2.25. The Bertz CT molecular complexity index is 1170. The van der Waals surface area contributed by atoms with E-state index in [2.05, 4.69) is 25.5 Å². The molecule has 5 rings (SSSR count). The molecule has 0 unspecified atom stereocenters. The van der Waals surface area contributed by atoms with Crippen molar-refractivity contribution in [1.82, 2.24) is 25.5 Å². The second-order valence-corrected chi connectivity index (χ2v) is 8.32. The predicted molar refractivity (Wildman–Crippen MR) is 116 cm³/mol. The molecule has 152 valence electrons. The number of aromatic nitrogens is 4. The number of amides is 1. The van der Waals surface area contributed by atoms with Gasteiger partial charge in [0.05, 0.1) is 6.10 Å². The van der Waals surface area contributed by atoms with Crippen LogP contribution in [0, 0.1) is 0 Å². The number of nitrogens with one attached hydrogen (secondary N) is 2. The molecular formula is C22H21N5O2S. The van der Waals surface area contributed by atoms with E-state index >= 15 is 0 Å². The van der Waals surface area contributed by atoms with Crippen molar-refractivity contribution in [1.29, 1.82) is 0 Å². The van der Waals surface area contributed by atoms with Gasteiger partial charge in [-0.3, -0.25) is 4.79 Å². The van der Waals surface area contributed by atoms with Crippen LogP contribution in [0.15, 0.2) is 59.8 Å². The lowest BCUT2D eigenvalue weighted by Gasteiger charge is -2.17. The largest absolute Gasteiger partial charge is 0.376 e. The molecule has 1 fully saturated rings. The number of hydrogen-bond acceptors (Lipinski definition) is 6. The van der Waals surface area contributed by atoms with Crippen molar-refractivity contribution >= 4 is 39.7 Å². The van der Waals surface area contributed by atoms with Gasteiger partial charge in [-0.15, -0.1) is 10.2 Å². The topological polar surface area (TPSA) is 92.8 Å². The number of nitrogens with zero attached hydrogens (tertiary/aromatic N) is 3. The van der Waals surface area contributed by atoms with Gasteiger partial charge in [0.1, 0.15) is 10.8 Å². The van der Waals surface area contributed by atoms with Gasteiger partial charge in [0.25, 0.3) is 0 Å². The fourth-order valence-corrected chi connectivity index (χ4v) is 4.60. The quantitative estimate of drug-likeness (QED) is 0.464. The van der Waals surface area contributed by atoms with Crippen LogP contribution in [0.1, 0.15) is 23.7 Å². The van der Waals surface area contributed by atoms with Crippen molar-refractivity contribution in [3.05, 3.63) is 60.2 Å². The lowest BCUT2D eigenvalue weighted by molar-refractivity contribution is -0.121. The van der Waals surface area contributed by atoms with Crippen LogP contribution in [0.3, 0.4) is 0 Å². The van der Waals surface area contributed by atoms with Gasteiger partial charge < -0.3 is 15.0 Å². The third kappa shape index (κ3) is 3.88. The number of para-hydroxylation sites is 1. The highest BCUT2D eigenvalue weighted by Crippen LogP contribution is 2.34. The number of hydrogen-bond donors (Lipinski definition) is 2. The molecule has 1 aliphatic heterocycles. The number of fused-ring (bicyclic) bond motifs is 3. The minimum absolute atomic E-state index is 0.0814. The minimum atomic E-state index is -0.476. The molecule has 3 heterocycles. The van der Waals surface area contributed by atoms with Crippen LogP contribution < -0.4 is 5.32 Å². The maximum absolute atomic E-state index is 13.0. The average Bonchev–Trinajstić information content (AvgIpc) is 3.43. The van der Waals surface area contributed by atoms with E-state index in [1.165, 1.54) is 11.8 Å². The number of thioether (sulfide) groups is 1. The molecule has 0 saturated carbocycles. The second kappa shape index (κ2) is 8.41. The third-order valence-electron chi connectivity index (χ3n) is 5.19. The van der Waals surface area contributed by atoms with Gasteiger partial charge in [-0.25, -0.2) is 4.98 Å². The number of carbonyl (C=O) groups excluding carboxylic acids is 1. The highest BCUT2D eigenvalue weighted by molar-refractivity contribution is 8.00. The maximum atomic E-state index is 13.0. The fourth-order valence-electron chi connectivity index (χ4n) is 3.67. The lowest BCUT2D eigenvalue weighted by atomic mass is 10.1. The Balaban J connectivity index is 1.41. The summed E-state index contributed by atoms with van der Waals surface area (Å²) < 4.78 is 5.62. The lowest BCUT2D eigenvalue weighted by Crippen LogP contribution is -2.34. The van der Waals surface area contributed by atoms with Gasteiger partial charge in [0.15, 0.2) is 5.65 Å². The van der Waals surface area contributed by atoms with E-state index in [0.29, 0.717) is 17.3 Å². The van der Waals surface area contributed by atoms with Gasteiger partial charge in [-0.1, -0.05) is 60.3 Å². The zero-order valence-electron chi connectivity index (χ0n) is 16.2. The van der Waals surface area contributed by atoms with Gasteiger partial charge in [-0.2, -0.15) is 0 Å². The Morgan fingerprint density at radius 3 is 2.83 bits per heavy atom. The summed E-state index contributed by atoms with van der Waals surface area (Å²) in [7, 11) is 0. The first-order valence-corrected chi connectivity index (χ1v) is 10.9. The molecule has 8 heteroatoms. The highest BCUT2D eigenvalue weighted by atomic mass is 32.2. The predicted octanol–water partition coefficient (Wildman–Crippen LogP) is 3.63. The van der Waals surface area contributed by atoms with E-state index in [1.807, 2.05) is 54.6 Å². The van der Waals surface area contributed by atoms with Crippen LogP contribution in [0.25, 0.3) is 22.1 Å². The van der Waals surface area contributed by atoms with Gasteiger partial charge in [-0.05, 0) is 24.5 Å². The molecule has 0 aliphatic carbocycles. The molecule has 0 radical (unpaired) electrons. The molecule has 2 N–H and O–H groups in total. The first kappa shape index (κ1) is 19.0. The minimum Gasteiger partial charge on any atom is -0.376 e. The van der Waals surface area contributed by atoms with Crippen LogP contribution in [-0.4, -0.2) is 45.3 Å². The summed E-state index contributed by atoms with van der Waals surface area (Å²) in [5.41, 5.74) is 3.26. The van der Waals surface area contributed by atoms with Crippen LogP contribution in [0.2, 0.25) is 0 Å². The van der Waals surface area contributed by atoms with E-state index in [0.717, 1.165) is 41.4 Å². The van der Waals surface area contributed by atoms with Crippen molar-refractivity contribution in [2.75, 3.05) is 13.2 Å². The van der Waals surface area contributed by atoms with Crippen molar-refractivity contribution < 1.29 is 9.53 Å². The Hall–Kier alpha value is -2.97. The molecule has 1 saturated heterocycles. The second-order valence-electron chi connectivity index (χ2n) is 7.25. The number of benzene rings is 2. The monoisotopic (exact) mass is 419 g/mol. The van der Waals surface area contributed by atoms with Crippen LogP contribution in [-0.2, 0) is 9.53 Å². The molecule has 30 heavy (non-hydrogen) atoms. The van der Waals surface area contributed by atoms with E-state index in [4.69, 9.17) is 4.74 Å². The third-order valence-corrected chi connectivity index (χ3v) is 6.30. The van der Waals surface area contributed by atoms with E-state index in [-0.39, 0.29) is 12.0 Å². The van der Waals surface area contributed by atoms with Crippen molar-refractivity contribution in [2.24, 2.45) is 0 Å². The summed E-state index contributed by atoms with van der Waals surface area (Å²) in [4.78, 5) is 20.9. The molecule has 0 spiro atoms. The van der Waals surface area contributed by atoms with Crippen molar-refractivity contribution in [3.8, 4) is 0 Å². The molecule has 4 aromatic rings. The first-order valence-electron chi connectivity index (χ1n) is 10.00. The van der Waals surface area contributed by atoms with Crippen molar-refractivity contribution in [2.45, 2.75) is 29.4 Å². The van der Waals surface area contributed by atoms with Crippen LogP contribution in [0.5, 0.6) is 0 Å². The fraction of sp³-hybridized carbons (Fsp3) is 0.273. The summed E-state index contributed by atoms with van der Waals surface area (Å²) in [5.74, 6) is -0.0814. The summed E-state index contributed by atoms with van der Waals surface area (Å²) in [6, 6.07) is 17.6. The normalized spacial score (nSPS) is 17.4. The summed E-state index contributed by atoms with van der Waals surface area (Å²) in [6.45, 7) is 1.28. The Morgan fingerprint density at radius 2 is 2.00 bits per heavy atom. The molecule has 2 aromatic carbocycles. The van der Waals surface area contributed by atoms with E-state index in [1.54, 1.807) is 0 Å². The van der Waals surface area contributed by atoms with Crippen molar-refractivity contribution in [3.63, 3.8) is 0 Å². The summed E-state index contributed by atoms with van der Waals surface area (Å²) in [6.07, 6.45) is 2.12. The molecule has 1 aliphatic rings. The first-order chi connectivity index (χ1) is 14.8. The summed E-state index contributed by atoms with van der Waals surface area (Å²) in [5, 5.41) is 12.7. The van der Waals surface area contributed by atoms with Gasteiger partial charge in [0, 0.05) is 24.1 Å². The average molecular weight is 420 g/mol. The number of carbonyl (C=O) groups is 1. The van der Waals surface area contributed by atoms with Gasteiger partial charge in [0.2, 0.25) is 11.1 Å². The van der Waals surface area contributed by atoms with Gasteiger partial charge >= 0.3 is 0 Å². The zero-order chi connectivity index (χ0) is 20.3. The number of H-pyrrole nitrogens is 1. The molecular weight excluding hydrogens is 398 g/mol. The number of aromatic amines is 1. The number of rotatable bonds is 6. The van der Waals surface area contributed by atoms with Crippen LogP contribution in [0.4, 0.5) is 0 Å².